The lowest BCUT2D eigenvalue weighted by Gasteiger charge is -2.12. The summed E-state index contributed by atoms with van der Waals surface area (Å²) < 4.78 is 1.70. The lowest BCUT2D eigenvalue weighted by molar-refractivity contribution is 0.708. The number of rotatable bonds is 1. The van der Waals surface area contributed by atoms with E-state index in [2.05, 4.69) is 16.2 Å². The fraction of sp³-hybridized carbons (Fsp3) is 0.400. The highest BCUT2D eigenvalue weighted by Gasteiger charge is 2.21. The van der Waals surface area contributed by atoms with Gasteiger partial charge in [0, 0.05) is 30.1 Å². The van der Waals surface area contributed by atoms with E-state index in [1.807, 2.05) is 13.2 Å². The molecule has 0 saturated heterocycles. The maximum atomic E-state index is 12.1. The molecule has 2 aromatic rings. The Kier molecular flexibility index (Phi) is 3.15. The molecule has 0 unspecified atom stereocenters. The maximum absolute atomic E-state index is 12.1. The second-order valence-corrected chi connectivity index (χ2v) is 5.24. The third-order valence-corrected chi connectivity index (χ3v) is 3.87. The Morgan fingerprint density at radius 1 is 1.35 bits per heavy atom. The van der Waals surface area contributed by atoms with Crippen LogP contribution in [0.15, 0.2) is 17.2 Å². The molecule has 0 radical (unpaired) electrons. The van der Waals surface area contributed by atoms with Gasteiger partial charge in [0.2, 0.25) is 0 Å². The number of nitrogens with one attached hydrogen (secondary N) is 1. The van der Waals surface area contributed by atoms with Gasteiger partial charge < -0.3 is 4.98 Å². The smallest absolute Gasteiger partial charge is 0.266 e. The third kappa shape index (κ3) is 2.03. The Morgan fingerprint density at radius 3 is 2.85 bits per heavy atom. The molecule has 0 bridgehead atoms. The van der Waals surface area contributed by atoms with E-state index in [9.17, 15) is 10.1 Å². The maximum Gasteiger partial charge on any atom is 0.266 e. The predicted octanol–water partition coefficient (Wildman–Crippen LogP) is 1.92. The first-order valence-electron chi connectivity index (χ1n) is 6.88. The molecule has 0 fully saturated rings. The molecule has 3 rings (SSSR count). The van der Waals surface area contributed by atoms with Crippen LogP contribution in [0, 0.1) is 11.3 Å². The van der Waals surface area contributed by atoms with Gasteiger partial charge in [-0.05, 0) is 31.2 Å². The lowest BCUT2D eigenvalue weighted by atomic mass is 9.94. The summed E-state index contributed by atoms with van der Waals surface area (Å²) in [4.78, 5) is 15.0. The summed E-state index contributed by atoms with van der Waals surface area (Å²) in [6, 6.07) is 2.06. The van der Waals surface area contributed by atoms with Crippen LogP contribution in [0.2, 0.25) is 0 Å². The number of hydrogen-bond donors (Lipinski definition) is 1. The zero-order valence-corrected chi connectivity index (χ0v) is 11.4. The van der Waals surface area contributed by atoms with Crippen LogP contribution in [0.3, 0.4) is 0 Å². The van der Waals surface area contributed by atoms with Crippen LogP contribution in [0.5, 0.6) is 0 Å². The van der Waals surface area contributed by atoms with Crippen molar-refractivity contribution >= 4 is 0 Å². The first-order valence-corrected chi connectivity index (χ1v) is 6.88. The van der Waals surface area contributed by atoms with Gasteiger partial charge in [0.15, 0.2) is 0 Å². The SMILES string of the molecule is Cn1cc(-c2c3c([nH]c(=O)c2C#N)CCCCC3)cn1. The summed E-state index contributed by atoms with van der Waals surface area (Å²) in [5.74, 6) is 0. The van der Waals surface area contributed by atoms with Gasteiger partial charge in [0.25, 0.3) is 5.56 Å². The molecule has 1 aliphatic rings. The largest absolute Gasteiger partial charge is 0.325 e. The van der Waals surface area contributed by atoms with Gasteiger partial charge in [-0.25, -0.2) is 0 Å². The monoisotopic (exact) mass is 268 g/mol. The molecule has 2 heterocycles. The van der Waals surface area contributed by atoms with E-state index in [1.165, 1.54) is 0 Å². The number of hydrogen-bond acceptors (Lipinski definition) is 3. The van der Waals surface area contributed by atoms with E-state index in [0.29, 0.717) is 0 Å². The highest BCUT2D eigenvalue weighted by molar-refractivity contribution is 5.73. The van der Waals surface area contributed by atoms with Crippen molar-refractivity contribution in [2.45, 2.75) is 32.1 Å². The zero-order chi connectivity index (χ0) is 14.1. The number of aryl methyl sites for hydroxylation is 2. The van der Waals surface area contributed by atoms with Gasteiger partial charge in [-0.15, -0.1) is 0 Å². The van der Waals surface area contributed by atoms with Crippen LogP contribution in [0.25, 0.3) is 11.1 Å². The minimum absolute atomic E-state index is 0.207. The molecule has 5 heteroatoms. The molecule has 2 aromatic heterocycles. The van der Waals surface area contributed by atoms with E-state index >= 15 is 0 Å². The first-order chi connectivity index (χ1) is 9.70. The predicted molar refractivity (Wildman–Crippen MR) is 75.2 cm³/mol. The van der Waals surface area contributed by atoms with E-state index in [-0.39, 0.29) is 11.1 Å². The summed E-state index contributed by atoms with van der Waals surface area (Å²) in [5, 5.41) is 13.5. The zero-order valence-electron chi connectivity index (χ0n) is 11.4. The Balaban J connectivity index is 2.32. The quantitative estimate of drug-likeness (QED) is 0.803. The number of nitriles is 1. The van der Waals surface area contributed by atoms with Crippen molar-refractivity contribution in [3.8, 4) is 17.2 Å². The van der Waals surface area contributed by atoms with Crippen LogP contribution < -0.4 is 5.56 Å². The van der Waals surface area contributed by atoms with Crippen molar-refractivity contribution in [2.75, 3.05) is 0 Å². The van der Waals surface area contributed by atoms with Gasteiger partial charge >= 0.3 is 0 Å². The summed E-state index contributed by atoms with van der Waals surface area (Å²) in [5.41, 5.74) is 3.66. The molecular formula is C15H16N4O. The van der Waals surface area contributed by atoms with E-state index in [0.717, 1.165) is 54.5 Å². The van der Waals surface area contributed by atoms with E-state index in [1.54, 1.807) is 10.9 Å². The van der Waals surface area contributed by atoms with Gasteiger partial charge in [-0.2, -0.15) is 10.4 Å². The lowest BCUT2D eigenvalue weighted by Crippen LogP contribution is -2.17. The molecule has 1 N–H and O–H groups in total. The highest BCUT2D eigenvalue weighted by atomic mass is 16.1. The fourth-order valence-electron chi connectivity index (χ4n) is 2.94. The van der Waals surface area contributed by atoms with Crippen LogP contribution >= 0.6 is 0 Å². The summed E-state index contributed by atoms with van der Waals surface area (Å²) >= 11 is 0. The van der Waals surface area contributed by atoms with Gasteiger partial charge in [-0.1, -0.05) is 6.42 Å². The van der Waals surface area contributed by atoms with Crippen LogP contribution in [-0.4, -0.2) is 14.8 Å². The molecular weight excluding hydrogens is 252 g/mol. The number of aromatic nitrogens is 3. The van der Waals surface area contributed by atoms with Gasteiger partial charge in [-0.3, -0.25) is 9.48 Å². The Labute approximate surface area is 116 Å². The van der Waals surface area contributed by atoms with Crippen molar-refractivity contribution in [1.82, 2.24) is 14.8 Å². The molecule has 5 nitrogen and oxygen atoms in total. The van der Waals surface area contributed by atoms with Gasteiger partial charge in [0.1, 0.15) is 11.6 Å². The van der Waals surface area contributed by atoms with Crippen molar-refractivity contribution < 1.29 is 0 Å². The molecule has 0 spiro atoms. The minimum atomic E-state index is -0.285. The summed E-state index contributed by atoms with van der Waals surface area (Å²) in [7, 11) is 1.83. The molecule has 0 atom stereocenters. The van der Waals surface area contributed by atoms with Crippen LogP contribution in [0.1, 0.15) is 36.1 Å². The van der Waals surface area contributed by atoms with E-state index < -0.39 is 0 Å². The van der Waals surface area contributed by atoms with E-state index in [4.69, 9.17) is 0 Å². The molecule has 102 valence electrons. The highest BCUT2D eigenvalue weighted by Crippen LogP contribution is 2.30. The number of H-pyrrole nitrogens is 1. The molecule has 0 aromatic carbocycles. The Bertz CT molecular complexity index is 748. The van der Waals surface area contributed by atoms with Crippen molar-refractivity contribution in [1.29, 1.82) is 5.26 Å². The van der Waals surface area contributed by atoms with Crippen LogP contribution in [0.4, 0.5) is 0 Å². The molecule has 1 aliphatic carbocycles. The molecule has 20 heavy (non-hydrogen) atoms. The summed E-state index contributed by atoms with van der Waals surface area (Å²) in [6.45, 7) is 0. The molecule has 0 amide bonds. The number of pyridine rings is 1. The first kappa shape index (κ1) is 12.7. The number of aromatic amines is 1. The van der Waals surface area contributed by atoms with Crippen molar-refractivity contribution in [2.24, 2.45) is 7.05 Å². The van der Waals surface area contributed by atoms with Crippen molar-refractivity contribution in [3.05, 3.63) is 39.6 Å². The standard InChI is InChI=1S/C15H16N4O/c1-19-9-10(8-17-19)14-11-5-3-2-4-6-13(11)18-15(20)12(14)7-16/h8-9H,2-6H2,1H3,(H,18,20). The normalized spacial score (nSPS) is 14.4. The number of fused-ring (bicyclic) bond motifs is 1. The van der Waals surface area contributed by atoms with Gasteiger partial charge in [0.05, 0.1) is 6.20 Å². The van der Waals surface area contributed by atoms with Crippen LogP contribution in [-0.2, 0) is 19.9 Å². The molecule has 0 aliphatic heterocycles. The number of nitrogens with zero attached hydrogens (tertiary/aromatic N) is 3. The fourth-order valence-corrected chi connectivity index (χ4v) is 2.94. The topological polar surface area (TPSA) is 74.5 Å². The Hall–Kier alpha value is -2.35. The second kappa shape index (κ2) is 4.97. The third-order valence-electron chi connectivity index (χ3n) is 3.87. The average molecular weight is 268 g/mol. The molecule has 0 saturated carbocycles. The second-order valence-electron chi connectivity index (χ2n) is 5.24. The summed E-state index contributed by atoms with van der Waals surface area (Å²) in [6.07, 6.45) is 8.71. The Morgan fingerprint density at radius 2 is 2.15 bits per heavy atom. The average Bonchev–Trinajstić information content (AvgIpc) is 2.72. The van der Waals surface area contributed by atoms with Crippen molar-refractivity contribution in [3.63, 3.8) is 0 Å². The minimum Gasteiger partial charge on any atom is -0.325 e.